The quantitative estimate of drug-likeness (QED) is 0.893. The summed E-state index contributed by atoms with van der Waals surface area (Å²) < 4.78 is 0. The summed E-state index contributed by atoms with van der Waals surface area (Å²) in [7, 11) is 0. The predicted molar refractivity (Wildman–Crippen MR) is 75.7 cm³/mol. The van der Waals surface area contributed by atoms with Crippen molar-refractivity contribution in [3.8, 4) is 0 Å². The van der Waals surface area contributed by atoms with Gasteiger partial charge < -0.3 is 10.4 Å². The van der Waals surface area contributed by atoms with Crippen LogP contribution in [0, 0.1) is 6.92 Å². The van der Waals surface area contributed by atoms with Gasteiger partial charge in [-0.25, -0.2) is 4.79 Å². The van der Waals surface area contributed by atoms with Crippen LogP contribution in [0.25, 0.3) is 10.9 Å². The molecule has 0 bridgehead atoms. The normalized spacial score (nSPS) is 12.1. The fourth-order valence-electron chi connectivity index (χ4n) is 2.07. The first-order valence-electron chi connectivity index (χ1n) is 6.43. The first kappa shape index (κ1) is 14.0. The van der Waals surface area contributed by atoms with E-state index in [9.17, 15) is 9.59 Å². The van der Waals surface area contributed by atoms with Gasteiger partial charge in [-0.3, -0.25) is 9.78 Å². The van der Waals surface area contributed by atoms with Crippen molar-refractivity contribution in [1.29, 1.82) is 0 Å². The smallest absolute Gasteiger partial charge is 0.326 e. The number of hydrogen-bond acceptors (Lipinski definition) is 3. The largest absolute Gasteiger partial charge is 0.480 e. The second-order valence-electron chi connectivity index (χ2n) is 4.60. The Labute approximate surface area is 116 Å². The summed E-state index contributed by atoms with van der Waals surface area (Å²) in [6.07, 6.45) is 0.336. The maximum absolute atomic E-state index is 12.3. The molecule has 5 heteroatoms. The molecule has 2 N–H and O–H groups in total. The van der Waals surface area contributed by atoms with E-state index in [0.29, 0.717) is 12.0 Å². The standard InChI is InChI=1S/C15H16N2O3/c1-3-12(15(19)20)17-14(18)11-8-9(2)16-13-7-5-4-6-10(11)13/h4-8,12H,3H2,1-2H3,(H,17,18)(H,19,20)/t12-/m1/s1. The molecule has 2 aromatic rings. The van der Waals surface area contributed by atoms with Crippen LogP contribution in [0.1, 0.15) is 29.4 Å². The van der Waals surface area contributed by atoms with Crippen molar-refractivity contribution in [3.63, 3.8) is 0 Å². The summed E-state index contributed by atoms with van der Waals surface area (Å²) in [6.45, 7) is 3.52. The van der Waals surface area contributed by atoms with Crippen LogP contribution in [0.5, 0.6) is 0 Å². The molecule has 0 aliphatic carbocycles. The number of amides is 1. The van der Waals surface area contributed by atoms with E-state index in [4.69, 9.17) is 5.11 Å². The number of fused-ring (bicyclic) bond motifs is 1. The van der Waals surface area contributed by atoms with E-state index in [1.165, 1.54) is 0 Å². The van der Waals surface area contributed by atoms with Crippen LogP contribution < -0.4 is 5.32 Å². The molecule has 104 valence electrons. The number of carboxylic acids is 1. The van der Waals surface area contributed by atoms with Crippen molar-refractivity contribution in [2.75, 3.05) is 0 Å². The van der Waals surface area contributed by atoms with Gasteiger partial charge in [-0.05, 0) is 25.5 Å². The van der Waals surface area contributed by atoms with Gasteiger partial charge in [-0.1, -0.05) is 25.1 Å². The van der Waals surface area contributed by atoms with Gasteiger partial charge in [0.15, 0.2) is 0 Å². The highest BCUT2D eigenvalue weighted by atomic mass is 16.4. The lowest BCUT2D eigenvalue weighted by molar-refractivity contribution is -0.139. The summed E-state index contributed by atoms with van der Waals surface area (Å²) in [5, 5.41) is 12.3. The van der Waals surface area contributed by atoms with Crippen molar-refractivity contribution >= 4 is 22.8 Å². The van der Waals surface area contributed by atoms with Crippen molar-refractivity contribution in [1.82, 2.24) is 10.3 Å². The lowest BCUT2D eigenvalue weighted by Gasteiger charge is -2.13. The number of nitrogens with zero attached hydrogens (tertiary/aromatic N) is 1. The third-order valence-electron chi connectivity index (χ3n) is 3.10. The molecule has 2 rings (SSSR count). The van der Waals surface area contributed by atoms with E-state index in [1.807, 2.05) is 18.2 Å². The Morgan fingerprint density at radius 1 is 1.35 bits per heavy atom. The molecular formula is C15H16N2O3. The Hall–Kier alpha value is -2.43. The number of rotatable bonds is 4. The first-order chi connectivity index (χ1) is 9.52. The van der Waals surface area contributed by atoms with Gasteiger partial charge in [0.25, 0.3) is 5.91 Å². The molecular weight excluding hydrogens is 256 g/mol. The zero-order valence-corrected chi connectivity index (χ0v) is 11.4. The highest BCUT2D eigenvalue weighted by molar-refractivity contribution is 6.07. The summed E-state index contributed by atoms with van der Waals surface area (Å²) in [5.74, 6) is -1.42. The molecule has 0 unspecified atom stereocenters. The van der Waals surface area contributed by atoms with Gasteiger partial charge in [0, 0.05) is 11.1 Å². The molecule has 0 radical (unpaired) electrons. The lowest BCUT2D eigenvalue weighted by atomic mass is 10.1. The summed E-state index contributed by atoms with van der Waals surface area (Å²) in [4.78, 5) is 27.6. The maximum atomic E-state index is 12.3. The highest BCUT2D eigenvalue weighted by Crippen LogP contribution is 2.18. The van der Waals surface area contributed by atoms with E-state index in [1.54, 1.807) is 26.0 Å². The summed E-state index contributed by atoms with van der Waals surface area (Å²) in [6, 6.07) is 8.10. The summed E-state index contributed by atoms with van der Waals surface area (Å²) in [5.41, 5.74) is 1.89. The van der Waals surface area contributed by atoms with E-state index < -0.39 is 12.0 Å². The second-order valence-corrected chi connectivity index (χ2v) is 4.60. The van der Waals surface area contributed by atoms with Crippen LogP contribution in [-0.2, 0) is 4.79 Å². The molecule has 1 aromatic heterocycles. The fraction of sp³-hybridized carbons (Fsp3) is 0.267. The maximum Gasteiger partial charge on any atom is 0.326 e. The second kappa shape index (κ2) is 5.69. The number of aliphatic carboxylic acids is 1. The number of para-hydroxylation sites is 1. The number of aryl methyl sites for hydroxylation is 1. The molecule has 1 aromatic carbocycles. The van der Waals surface area contributed by atoms with Crippen LogP contribution in [0.15, 0.2) is 30.3 Å². The Morgan fingerprint density at radius 3 is 2.70 bits per heavy atom. The van der Waals surface area contributed by atoms with Crippen LogP contribution in [0.4, 0.5) is 0 Å². The summed E-state index contributed by atoms with van der Waals surface area (Å²) >= 11 is 0. The first-order valence-corrected chi connectivity index (χ1v) is 6.43. The zero-order valence-electron chi connectivity index (χ0n) is 11.4. The predicted octanol–water partition coefficient (Wildman–Crippen LogP) is 2.14. The Morgan fingerprint density at radius 2 is 2.05 bits per heavy atom. The Kier molecular flexibility index (Phi) is 3.98. The molecule has 0 fully saturated rings. The van der Waals surface area contributed by atoms with Crippen molar-refractivity contribution in [2.45, 2.75) is 26.3 Å². The van der Waals surface area contributed by atoms with Crippen LogP contribution >= 0.6 is 0 Å². The average Bonchev–Trinajstić information content (AvgIpc) is 2.43. The van der Waals surface area contributed by atoms with Crippen molar-refractivity contribution < 1.29 is 14.7 Å². The van der Waals surface area contributed by atoms with Gasteiger partial charge in [-0.2, -0.15) is 0 Å². The molecule has 20 heavy (non-hydrogen) atoms. The van der Waals surface area contributed by atoms with Gasteiger partial charge in [0.1, 0.15) is 6.04 Å². The van der Waals surface area contributed by atoms with Crippen LogP contribution in [0.2, 0.25) is 0 Å². The van der Waals surface area contributed by atoms with Crippen LogP contribution in [-0.4, -0.2) is 28.0 Å². The number of hydrogen-bond donors (Lipinski definition) is 2. The average molecular weight is 272 g/mol. The van der Waals surface area contributed by atoms with Gasteiger partial charge in [0.2, 0.25) is 0 Å². The fourth-order valence-corrected chi connectivity index (χ4v) is 2.07. The minimum atomic E-state index is -1.03. The number of carbonyl (C=O) groups is 2. The van der Waals surface area contributed by atoms with Gasteiger partial charge in [0.05, 0.1) is 11.1 Å². The monoisotopic (exact) mass is 272 g/mol. The number of carbonyl (C=O) groups excluding carboxylic acids is 1. The molecule has 0 spiro atoms. The van der Waals surface area contributed by atoms with E-state index >= 15 is 0 Å². The third-order valence-corrected chi connectivity index (χ3v) is 3.10. The number of carboxylic acid groups (broad SMARTS) is 1. The number of nitrogens with one attached hydrogen (secondary N) is 1. The Bertz CT molecular complexity index is 667. The van der Waals surface area contributed by atoms with Crippen LogP contribution in [0.3, 0.4) is 0 Å². The molecule has 0 saturated carbocycles. The molecule has 1 heterocycles. The van der Waals surface area contributed by atoms with Gasteiger partial charge >= 0.3 is 5.97 Å². The Balaban J connectivity index is 2.41. The number of benzene rings is 1. The number of aromatic nitrogens is 1. The van der Waals surface area contributed by atoms with E-state index in [-0.39, 0.29) is 5.91 Å². The third kappa shape index (κ3) is 2.77. The lowest BCUT2D eigenvalue weighted by Crippen LogP contribution is -2.40. The molecule has 0 aliphatic heterocycles. The molecule has 0 saturated heterocycles. The highest BCUT2D eigenvalue weighted by Gasteiger charge is 2.20. The molecule has 0 aliphatic rings. The number of pyridine rings is 1. The minimum Gasteiger partial charge on any atom is -0.480 e. The van der Waals surface area contributed by atoms with Gasteiger partial charge in [-0.15, -0.1) is 0 Å². The molecule has 5 nitrogen and oxygen atoms in total. The molecule has 1 atom stereocenters. The van der Waals surface area contributed by atoms with Crippen molar-refractivity contribution in [2.24, 2.45) is 0 Å². The van der Waals surface area contributed by atoms with E-state index in [0.717, 1.165) is 16.6 Å². The topological polar surface area (TPSA) is 79.3 Å². The SMILES string of the molecule is CC[C@@H](NC(=O)c1cc(C)nc2ccccc12)C(=O)O. The molecule has 1 amide bonds. The minimum absolute atomic E-state index is 0.336. The zero-order chi connectivity index (χ0) is 14.7. The van der Waals surface area contributed by atoms with E-state index in [2.05, 4.69) is 10.3 Å². The van der Waals surface area contributed by atoms with Crippen molar-refractivity contribution in [3.05, 3.63) is 41.6 Å².